The van der Waals surface area contributed by atoms with Gasteiger partial charge in [0.25, 0.3) is 0 Å². The van der Waals surface area contributed by atoms with Crippen LogP contribution in [0.15, 0.2) is 63.5 Å². The zero-order valence-corrected chi connectivity index (χ0v) is 27.0. The van der Waals surface area contributed by atoms with Crippen LogP contribution in [-0.4, -0.2) is 54.4 Å². The molecule has 1 aliphatic rings. The molecule has 0 atom stereocenters. The number of carbonyl (C=O) groups excluding carboxylic acids is 1. The molecule has 3 aromatic heterocycles. The van der Waals surface area contributed by atoms with Gasteiger partial charge in [0, 0.05) is 25.0 Å². The lowest BCUT2D eigenvalue weighted by molar-refractivity contribution is -0.133. The maximum Gasteiger partial charge on any atom is 0.250 e. The average molecular weight is 617 g/mol. The SMILES string of the molecule is CC(C)C(=O)N1CCCC1.CC(C)NS(=O)(=O)c1cccs1.CC(C)Oc1nc2ccccc2nc1-c1cccs1. The Morgan fingerprint density at radius 1 is 0.878 bits per heavy atom. The van der Waals surface area contributed by atoms with Crippen molar-refractivity contribution in [1.82, 2.24) is 19.6 Å². The third-order valence-corrected chi connectivity index (χ3v) is 9.64. The highest BCUT2D eigenvalue weighted by Crippen LogP contribution is 2.32. The van der Waals surface area contributed by atoms with Crippen molar-refractivity contribution in [3.05, 3.63) is 59.3 Å². The lowest BCUT2D eigenvalue weighted by atomic mass is 10.2. The molecule has 1 fully saturated rings. The molecule has 0 spiro atoms. The van der Waals surface area contributed by atoms with Gasteiger partial charge in [-0.3, -0.25) is 4.79 Å². The van der Waals surface area contributed by atoms with E-state index in [1.807, 2.05) is 74.4 Å². The van der Waals surface area contributed by atoms with E-state index in [0.717, 1.165) is 34.7 Å². The monoisotopic (exact) mass is 616 g/mol. The van der Waals surface area contributed by atoms with E-state index in [1.54, 1.807) is 42.7 Å². The number of hydrogen-bond acceptors (Lipinski definition) is 8. The Morgan fingerprint density at radius 3 is 2.00 bits per heavy atom. The Bertz CT molecular complexity index is 1460. The quantitative estimate of drug-likeness (QED) is 0.244. The zero-order chi connectivity index (χ0) is 30.0. The van der Waals surface area contributed by atoms with Gasteiger partial charge in [-0.15, -0.1) is 22.7 Å². The van der Waals surface area contributed by atoms with E-state index in [9.17, 15) is 13.2 Å². The fourth-order valence-electron chi connectivity index (χ4n) is 3.95. The lowest BCUT2D eigenvalue weighted by Gasteiger charge is -2.17. The van der Waals surface area contributed by atoms with Crippen LogP contribution in [0.4, 0.5) is 0 Å². The van der Waals surface area contributed by atoms with Crippen LogP contribution in [0.5, 0.6) is 5.88 Å². The number of sulfonamides is 1. The fraction of sp³-hybridized carbons (Fsp3) is 0.433. The molecular weight excluding hydrogens is 577 g/mol. The van der Waals surface area contributed by atoms with Crippen LogP contribution in [0.2, 0.25) is 0 Å². The van der Waals surface area contributed by atoms with Crippen LogP contribution in [0, 0.1) is 5.92 Å². The highest BCUT2D eigenvalue weighted by Gasteiger charge is 2.20. The molecule has 1 amide bonds. The molecule has 11 heteroatoms. The number of nitrogens with zero attached hydrogens (tertiary/aromatic N) is 3. The molecule has 1 saturated heterocycles. The molecule has 8 nitrogen and oxygen atoms in total. The largest absolute Gasteiger partial charge is 0.473 e. The Labute approximate surface area is 251 Å². The summed E-state index contributed by atoms with van der Waals surface area (Å²) in [6.45, 7) is 13.5. The smallest absolute Gasteiger partial charge is 0.250 e. The average Bonchev–Trinajstić information content (AvgIpc) is 3.71. The number of carbonyl (C=O) groups is 1. The summed E-state index contributed by atoms with van der Waals surface area (Å²) in [7, 11) is -3.25. The first-order valence-electron chi connectivity index (χ1n) is 13.8. The molecule has 5 rings (SSSR count). The van der Waals surface area contributed by atoms with E-state index in [4.69, 9.17) is 9.72 Å². The van der Waals surface area contributed by atoms with Crippen LogP contribution in [-0.2, 0) is 14.8 Å². The Kier molecular flexibility index (Phi) is 12.3. The fourth-order valence-corrected chi connectivity index (χ4v) is 6.92. The molecule has 222 valence electrons. The van der Waals surface area contributed by atoms with Crippen molar-refractivity contribution in [2.24, 2.45) is 5.92 Å². The second kappa shape index (κ2) is 15.4. The molecule has 4 aromatic rings. The Hall–Kier alpha value is -2.86. The molecule has 0 aliphatic carbocycles. The summed E-state index contributed by atoms with van der Waals surface area (Å²) in [6, 6.07) is 15.2. The third-order valence-electron chi connectivity index (χ3n) is 5.70. The number of benzene rings is 1. The number of para-hydroxylation sites is 2. The van der Waals surface area contributed by atoms with E-state index >= 15 is 0 Å². The number of thiophene rings is 2. The van der Waals surface area contributed by atoms with Crippen molar-refractivity contribution in [2.75, 3.05) is 13.1 Å². The molecule has 41 heavy (non-hydrogen) atoms. The molecular formula is C30H40N4O4S3. The van der Waals surface area contributed by atoms with Gasteiger partial charge in [0.15, 0.2) is 0 Å². The second-order valence-corrected chi connectivity index (χ2v) is 14.2. The van der Waals surface area contributed by atoms with Crippen molar-refractivity contribution in [3.63, 3.8) is 0 Å². The number of fused-ring (bicyclic) bond motifs is 1. The van der Waals surface area contributed by atoms with Crippen LogP contribution in [0.1, 0.15) is 54.4 Å². The zero-order valence-electron chi connectivity index (χ0n) is 24.5. The molecule has 1 aromatic carbocycles. The van der Waals surface area contributed by atoms with Crippen molar-refractivity contribution in [1.29, 1.82) is 0 Å². The summed E-state index contributed by atoms with van der Waals surface area (Å²) in [5.74, 6) is 1.10. The van der Waals surface area contributed by atoms with Gasteiger partial charge in [0.1, 0.15) is 9.90 Å². The second-order valence-electron chi connectivity index (χ2n) is 10.4. The number of aromatic nitrogens is 2. The van der Waals surface area contributed by atoms with Crippen LogP contribution in [0.3, 0.4) is 0 Å². The van der Waals surface area contributed by atoms with Gasteiger partial charge in [-0.2, -0.15) is 0 Å². The number of hydrogen-bond donors (Lipinski definition) is 1. The number of likely N-dealkylation sites (tertiary alicyclic amines) is 1. The van der Waals surface area contributed by atoms with Crippen molar-refractivity contribution in [2.45, 2.75) is 70.7 Å². The van der Waals surface area contributed by atoms with Crippen LogP contribution < -0.4 is 9.46 Å². The van der Waals surface area contributed by atoms with Crippen LogP contribution in [0.25, 0.3) is 21.6 Å². The van der Waals surface area contributed by atoms with Crippen LogP contribution >= 0.6 is 22.7 Å². The first kappa shape index (κ1) is 32.7. The van der Waals surface area contributed by atoms with Gasteiger partial charge in [-0.25, -0.2) is 23.1 Å². The third kappa shape index (κ3) is 9.88. The summed E-state index contributed by atoms with van der Waals surface area (Å²) in [5, 5.41) is 3.78. The predicted molar refractivity (Wildman–Crippen MR) is 169 cm³/mol. The minimum Gasteiger partial charge on any atom is -0.473 e. The van der Waals surface area contributed by atoms with Crippen molar-refractivity contribution >= 4 is 49.6 Å². The maximum atomic E-state index is 11.4. The summed E-state index contributed by atoms with van der Waals surface area (Å²) in [6.07, 6.45) is 2.46. The predicted octanol–water partition coefficient (Wildman–Crippen LogP) is 6.85. The standard InChI is InChI=1S/C15H14N2OS.C8H15NO.C7H11NO2S2/c1-10(2)18-15-14(13-8-5-9-19-13)16-11-6-3-4-7-12(11)17-15;1-7(2)8(10)9-5-3-4-6-9;1-6(2)8-12(9,10)7-4-3-5-11-7/h3-10H,1-2H3;7H,3-6H2,1-2H3;3-6,8H,1-2H3. The molecule has 1 N–H and O–H groups in total. The number of nitrogens with one attached hydrogen (secondary N) is 1. The highest BCUT2D eigenvalue weighted by molar-refractivity contribution is 7.91. The van der Waals surface area contributed by atoms with Gasteiger partial charge in [-0.05, 0) is 75.6 Å². The van der Waals surface area contributed by atoms with E-state index in [-0.39, 0.29) is 18.1 Å². The number of rotatable bonds is 7. The molecule has 0 bridgehead atoms. The molecule has 4 heterocycles. The lowest BCUT2D eigenvalue weighted by Crippen LogP contribution is -2.31. The number of amides is 1. The van der Waals surface area contributed by atoms with Crippen molar-refractivity contribution in [3.8, 4) is 16.5 Å². The summed E-state index contributed by atoms with van der Waals surface area (Å²) >= 11 is 2.86. The molecule has 0 radical (unpaired) electrons. The van der Waals surface area contributed by atoms with Crippen molar-refractivity contribution < 1.29 is 17.9 Å². The number of ether oxygens (including phenoxy) is 1. The summed E-state index contributed by atoms with van der Waals surface area (Å²) in [5.41, 5.74) is 2.57. The van der Waals surface area contributed by atoms with E-state index in [1.165, 1.54) is 24.2 Å². The van der Waals surface area contributed by atoms with E-state index in [2.05, 4.69) is 9.71 Å². The minimum atomic E-state index is -3.25. The van der Waals surface area contributed by atoms with E-state index in [0.29, 0.717) is 16.0 Å². The van der Waals surface area contributed by atoms with Gasteiger partial charge in [0.05, 0.1) is 22.0 Å². The van der Waals surface area contributed by atoms with Gasteiger partial charge < -0.3 is 9.64 Å². The van der Waals surface area contributed by atoms with Gasteiger partial charge >= 0.3 is 0 Å². The van der Waals surface area contributed by atoms with Gasteiger partial charge in [0.2, 0.25) is 21.8 Å². The maximum absolute atomic E-state index is 11.4. The molecule has 0 unspecified atom stereocenters. The molecule has 1 aliphatic heterocycles. The molecule has 0 saturated carbocycles. The normalized spacial score (nSPS) is 13.2. The van der Waals surface area contributed by atoms with Gasteiger partial charge in [-0.1, -0.05) is 38.1 Å². The first-order valence-corrected chi connectivity index (χ1v) is 17.0. The Balaban J connectivity index is 0.000000182. The Morgan fingerprint density at radius 2 is 1.49 bits per heavy atom. The van der Waals surface area contributed by atoms with E-state index < -0.39 is 10.0 Å². The first-order chi connectivity index (χ1) is 19.5. The highest BCUT2D eigenvalue weighted by atomic mass is 32.2. The summed E-state index contributed by atoms with van der Waals surface area (Å²) in [4.78, 5) is 23.6. The minimum absolute atomic E-state index is 0.0582. The summed E-state index contributed by atoms with van der Waals surface area (Å²) < 4.78 is 31.5. The topological polar surface area (TPSA) is 101 Å².